The van der Waals surface area contributed by atoms with Gasteiger partial charge < -0.3 is 10.1 Å². The van der Waals surface area contributed by atoms with Crippen molar-refractivity contribution >= 4 is 11.6 Å². The highest BCUT2D eigenvalue weighted by Crippen LogP contribution is 2.14. The highest BCUT2D eigenvalue weighted by Gasteiger charge is 2.12. The molecule has 3 heterocycles. The largest absolute Gasteiger partial charge is 0.453 e. The van der Waals surface area contributed by atoms with E-state index in [4.69, 9.17) is 4.74 Å². The average molecular weight is 339 g/mol. The van der Waals surface area contributed by atoms with Crippen molar-refractivity contribution in [1.82, 2.24) is 29.5 Å². The summed E-state index contributed by atoms with van der Waals surface area (Å²) < 4.78 is 7.04. The van der Waals surface area contributed by atoms with Gasteiger partial charge in [-0.15, -0.1) is 0 Å². The number of aromatic nitrogens is 6. The monoisotopic (exact) mass is 339 g/mol. The van der Waals surface area contributed by atoms with Crippen LogP contribution in [0.25, 0.3) is 5.95 Å². The van der Waals surface area contributed by atoms with E-state index in [1.807, 2.05) is 25.3 Å². The normalized spacial score (nSPS) is 10.5. The van der Waals surface area contributed by atoms with Gasteiger partial charge in [0.1, 0.15) is 5.82 Å². The third kappa shape index (κ3) is 3.77. The molecule has 128 valence electrons. The number of imidazole rings is 1. The van der Waals surface area contributed by atoms with Gasteiger partial charge in [-0.3, -0.25) is 9.36 Å². The Labute approximate surface area is 144 Å². The number of amides is 1. The Morgan fingerprint density at radius 3 is 2.40 bits per heavy atom. The molecule has 3 rings (SSSR count). The van der Waals surface area contributed by atoms with Crippen molar-refractivity contribution in [1.29, 1.82) is 0 Å². The van der Waals surface area contributed by atoms with Crippen molar-refractivity contribution in [2.45, 2.75) is 20.8 Å². The van der Waals surface area contributed by atoms with E-state index in [2.05, 4.69) is 30.2 Å². The first-order chi connectivity index (χ1) is 12.0. The Morgan fingerprint density at radius 1 is 1.12 bits per heavy atom. The molecule has 0 aliphatic carbocycles. The molecule has 0 radical (unpaired) electrons. The summed E-state index contributed by atoms with van der Waals surface area (Å²) >= 11 is 0. The smallest absolute Gasteiger partial charge is 0.316 e. The Morgan fingerprint density at radius 2 is 1.80 bits per heavy atom. The number of carbonyl (C=O) groups is 1. The summed E-state index contributed by atoms with van der Waals surface area (Å²) in [6, 6.07) is 1.81. The summed E-state index contributed by atoms with van der Waals surface area (Å²) in [5, 5.41) is 2.66. The molecule has 0 aromatic carbocycles. The first kappa shape index (κ1) is 16.5. The third-order valence-electron chi connectivity index (χ3n) is 3.51. The summed E-state index contributed by atoms with van der Waals surface area (Å²) in [6.07, 6.45) is 6.14. The first-order valence-electron chi connectivity index (χ1n) is 7.59. The molecule has 0 saturated carbocycles. The zero-order valence-electron chi connectivity index (χ0n) is 14.1. The second-order valence-corrected chi connectivity index (χ2v) is 5.31. The summed E-state index contributed by atoms with van der Waals surface area (Å²) in [7, 11) is 0. The van der Waals surface area contributed by atoms with Crippen LogP contribution in [0.3, 0.4) is 0 Å². The van der Waals surface area contributed by atoms with Gasteiger partial charge in [-0.1, -0.05) is 0 Å². The molecule has 0 spiro atoms. The van der Waals surface area contributed by atoms with Crippen LogP contribution in [0.4, 0.5) is 5.69 Å². The van der Waals surface area contributed by atoms with Gasteiger partial charge in [-0.2, -0.15) is 0 Å². The van der Waals surface area contributed by atoms with E-state index < -0.39 is 0 Å². The van der Waals surface area contributed by atoms with Crippen LogP contribution < -0.4 is 10.1 Å². The van der Waals surface area contributed by atoms with E-state index in [1.165, 1.54) is 24.8 Å². The third-order valence-corrected chi connectivity index (χ3v) is 3.51. The summed E-state index contributed by atoms with van der Waals surface area (Å²) in [5.74, 6) is 0.959. The Kier molecular flexibility index (Phi) is 4.64. The number of nitrogens with zero attached hydrogens (tertiary/aromatic N) is 6. The maximum Gasteiger partial charge on any atom is 0.316 e. The second-order valence-electron chi connectivity index (χ2n) is 5.31. The van der Waals surface area contributed by atoms with E-state index in [9.17, 15) is 4.79 Å². The summed E-state index contributed by atoms with van der Waals surface area (Å²) in [5.41, 5.74) is 2.38. The molecule has 0 atom stereocenters. The Hall–Kier alpha value is -3.36. The molecule has 25 heavy (non-hydrogen) atoms. The lowest BCUT2D eigenvalue weighted by atomic mass is 10.4. The van der Waals surface area contributed by atoms with Crippen LogP contribution in [0.1, 0.15) is 17.2 Å². The summed E-state index contributed by atoms with van der Waals surface area (Å²) in [6.45, 7) is 5.58. The molecule has 9 nitrogen and oxygen atoms in total. The molecule has 0 bridgehead atoms. The topological polar surface area (TPSA) is 108 Å². The average Bonchev–Trinajstić information content (AvgIpc) is 2.87. The summed E-state index contributed by atoms with van der Waals surface area (Å²) in [4.78, 5) is 32.6. The lowest BCUT2D eigenvalue weighted by Crippen LogP contribution is -2.21. The molecule has 1 amide bonds. The molecule has 1 N–H and O–H groups in total. The number of nitrogens with one attached hydrogen (secondary N) is 1. The zero-order valence-corrected chi connectivity index (χ0v) is 14.1. The number of anilines is 1. The fourth-order valence-corrected chi connectivity index (χ4v) is 2.26. The number of carbonyl (C=O) groups excluding carboxylic acids is 1. The highest BCUT2D eigenvalue weighted by atomic mass is 16.5. The zero-order chi connectivity index (χ0) is 17.8. The molecule has 9 heteroatoms. The molecular weight excluding hydrogens is 322 g/mol. The van der Waals surface area contributed by atoms with Gasteiger partial charge in [0.15, 0.2) is 6.61 Å². The van der Waals surface area contributed by atoms with Crippen LogP contribution >= 0.6 is 0 Å². The van der Waals surface area contributed by atoms with E-state index >= 15 is 0 Å². The number of ether oxygens (including phenoxy) is 1. The minimum Gasteiger partial charge on any atom is -0.453 e. The number of hydrogen-bond acceptors (Lipinski definition) is 7. The van der Waals surface area contributed by atoms with Crippen molar-refractivity contribution in [3.63, 3.8) is 0 Å². The van der Waals surface area contributed by atoms with Gasteiger partial charge in [0.05, 0.1) is 23.8 Å². The molecular formula is C16H17N7O2. The molecule has 0 saturated heterocycles. The van der Waals surface area contributed by atoms with Crippen molar-refractivity contribution < 1.29 is 9.53 Å². The maximum atomic E-state index is 11.9. The fraction of sp³-hybridized carbons (Fsp3) is 0.250. The fourth-order valence-electron chi connectivity index (χ4n) is 2.26. The van der Waals surface area contributed by atoms with Crippen molar-refractivity contribution in [2.75, 3.05) is 11.9 Å². The Balaban J connectivity index is 1.63. The standard InChI is InChI=1S/C16H17N7O2/c1-10-11(2)23(12(3)21-10)15-19-7-13(8-20-15)22-14(24)9-25-16-17-5-4-6-18-16/h4-8H,9H2,1-3H3,(H,22,24). The van der Waals surface area contributed by atoms with Crippen LogP contribution in [0, 0.1) is 20.8 Å². The minimum atomic E-state index is -0.352. The van der Waals surface area contributed by atoms with Crippen LogP contribution in [0.2, 0.25) is 0 Å². The van der Waals surface area contributed by atoms with Crippen LogP contribution in [-0.2, 0) is 4.79 Å². The molecule has 0 aliphatic heterocycles. The highest BCUT2D eigenvalue weighted by molar-refractivity contribution is 5.91. The number of rotatable bonds is 5. The maximum absolute atomic E-state index is 11.9. The van der Waals surface area contributed by atoms with E-state index in [0.717, 1.165) is 17.2 Å². The van der Waals surface area contributed by atoms with Crippen LogP contribution in [0.15, 0.2) is 30.9 Å². The predicted octanol–water partition coefficient (Wildman–Crippen LogP) is 1.40. The molecule has 3 aromatic heterocycles. The first-order valence-corrected chi connectivity index (χ1v) is 7.59. The SMILES string of the molecule is Cc1nc(C)n(-c2ncc(NC(=O)COc3ncccn3)cn2)c1C. The van der Waals surface area contributed by atoms with Crippen molar-refractivity contribution in [3.05, 3.63) is 48.1 Å². The predicted molar refractivity (Wildman–Crippen MR) is 89.5 cm³/mol. The number of hydrogen-bond donors (Lipinski definition) is 1. The van der Waals surface area contributed by atoms with Crippen LogP contribution in [-0.4, -0.2) is 42.0 Å². The van der Waals surface area contributed by atoms with E-state index in [1.54, 1.807) is 6.07 Å². The van der Waals surface area contributed by atoms with Crippen LogP contribution in [0.5, 0.6) is 6.01 Å². The lowest BCUT2D eigenvalue weighted by Gasteiger charge is -2.08. The van der Waals surface area contributed by atoms with E-state index in [0.29, 0.717) is 11.6 Å². The van der Waals surface area contributed by atoms with Gasteiger partial charge in [-0.25, -0.2) is 24.9 Å². The quantitative estimate of drug-likeness (QED) is 0.748. The minimum absolute atomic E-state index is 0.144. The Bertz CT molecular complexity index is 876. The molecule has 3 aromatic rings. The number of aryl methyl sites for hydroxylation is 2. The van der Waals surface area contributed by atoms with Crippen molar-refractivity contribution in [2.24, 2.45) is 0 Å². The van der Waals surface area contributed by atoms with E-state index in [-0.39, 0.29) is 18.5 Å². The van der Waals surface area contributed by atoms with Gasteiger partial charge in [0, 0.05) is 18.1 Å². The van der Waals surface area contributed by atoms with Crippen molar-refractivity contribution in [3.8, 4) is 12.0 Å². The lowest BCUT2D eigenvalue weighted by molar-refractivity contribution is -0.118. The second kappa shape index (κ2) is 7.04. The molecule has 0 fully saturated rings. The van der Waals surface area contributed by atoms with Gasteiger partial charge >= 0.3 is 6.01 Å². The van der Waals surface area contributed by atoms with Gasteiger partial charge in [0.2, 0.25) is 5.95 Å². The van der Waals surface area contributed by atoms with Gasteiger partial charge in [0.25, 0.3) is 5.91 Å². The molecule has 0 unspecified atom stereocenters. The molecule has 0 aliphatic rings. The van der Waals surface area contributed by atoms with Gasteiger partial charge in [-0.05, 0) is 26.8 Å².